The molecule has 4 saturated carbocycles. The van der Waals surface area contributed by atoms with Gasteiger partial charge in [-0.05, 0) is 63.2 Å². The van der Waals surface area contributed by atoms with Crippen LogP contribution >= 0.6 is 0 Å². The van der Waals surface area contributed by atoms with E-state index < -0.39 is 30.6 Å². The molecule has 8 heteroatoms. The zero-order chi connectivity index (χ0) is 21.5. The summed E-state index contributed by atoms with van der Waals surface area (Å²) < 4.78 is 10.2. The van der Waals surface area contributed by atoms with Crippen molar-refractivity contribution in [3.05, 3.63) is 0 Å². The van der Waals surface area contributed by atoms with Crippen molar-refractivity contribution in [2.24, 2.45) is 23.2 Å². The first-order valence-electron chi connectivity index (χ1n) is 11.2. The van der Waals surface area contributed by atoms with Crippen LogP contribution in [0.25, 0.3) is 0 Å². The molecule has 2 unspecified atom stereocenters. The van der Waals surface area contributed by atoms with E-state index in [-0.39, 0.29) is 30.3 Å². The Hall–Kier alpha value is -1.67. The lowest BCUT2D eigenvalue weighted by Crippen LogP contribution is -2.56. The number of methoxy groups -OCH3 is 1. The van der Waals surface area contributed by atoms with Crippen molar-refractivity contribution >= 4 is 17.8 Å². The number of esters is 1. The van der Waals surface area contributed by atoms with Gasteiger partial charge in [-0.15, -0.1) is 0 Å². The molecule has 0 aromatic rings. The highest BCUT2D eigenvalue weighted by Gasteiger charge is 2.57. The Kier molecular flexibility index (Phi) is 6.08. The van der Waals surface area contributed by atoms with Crippen molar-refractivity contribution in [1.82, 2.24) is 10.2 Å². The van der Waals surface area contributed by atoms with E-state index in [1.807, 2.05) is 0 Å². The maximum Gasteiger partial charge on any atom is 0.329 e. The molecule has 1 saturated heterocycles. The van der Waals surface area contributed by atoms with Gasteiger partial charge in [0, 0.05) is 26.1 Å². The first-order valence-corrected chi connectivity index (χ1v) is 11.2. The van der Waals surface area contributed by atoms with E-state index in [4.69, 9.17) is 9.47 Å². The van der Waals surface area contributed by atoms with Gasteiger partial charge in [0.15, 0.2) is 6.61 Å². The third kappa shape index (κ3) is 4.21. The maximum absolute atomic E-state index is 13.6. The summed E-state index contributed by atoms with van der Waals surface area (Å²) in [4.78, 5) is 39.9. The highest BCUT2D eigenvalue weighted by atomic mass is 16.5. The molecule has 2 amide bonds. The van der Waals surface area contributed by atoms with Crippen molar-refractivity contribution in [1.29, 1.82) is 0 Å². The van der Waals surface area contributed by atoms with Crippen LogP contribution in [-0.4, -0.2) is 72.8 Å². The molecule has 5 aliphatic rings. The predicted molar refractivity (Wildman–Crippen MR) is 107 cm³/mol. The van der Waals surface area contributed by atoms with Gasteiger partial charge in [0.1, 0.15) is 6.04 Å². The van der Waals surface area contributed by atoms with Crippen LogP contribution in [-0.2, 0) is 23.9 Å². The number of nitrogens with zero attached hydrogens (tertiary/aromatic N) is 1. The van der Waals surface area contributed by atoms with Crippen LogP contribution in [0.15, 0.2) is 0 Å². The number of hydrogen-bond acceptors (Lipinski definition) is 6. The second-order valence-electron chi connectivity index (χ2n) is 10.1. The van der Waals surface area contributed by atoms with E-state index in [1.54, 1.807) is 18.9 Å². The summed E-state index contributed by atoms with van der Waals surface area (Å²) in [7, 11) is 1.55. The van der Waals surface area contributed by atoms with Gasteiger partial charge in [0.25, 0.3) is 5.91 Å². The van der Waals surface area contributed by atoms with Gasteiger partial charge < -0.3 is 24.8 Å². The fourth-order valence-corrected chi connectivity index (χ4v) is 6.78. The molecule has 4 aliphatic carbocycles. The van der Waals surface area contributed by atoms with Crippen LogP contribution in [0, 0.1) is 23.2 Å². The molecule has 0 spiro atoms. The molecule has 8 nitrogen and oxygen atoms in total. The average molecular weight is 423 g/mol. The van der Waals surface area contributed by atoms with Crippen molar-refractivity contribution in [3.63, 3.8) is 0 Å². The number of likely N-dealkylation sites (tertiary alicyclic amines) is 1. The number of amides is 2. The molecule has 1 aliphatic heterocycles. The Morgan fingerprint density at radius 1 is 1.10 bits per heavy atom. The zero-order valence-corrected chi connectivity index (χ0v) is 18.0. The van der Waals surface area contributed by atoms with Crippen LogP contribution in [0.1, 0.15) is 51.9 Å². The van der Waals surface area contributed by atoms with Gasteiger partial charge in [-0.1, -0.05) is 0 Å². The largest absolute Gasteiger partial charge is 0.454 e. The molecule has 4 bridgehead atoms. The van der Waals surface area contributed by atoms with Gasteiger partial charge in [-0.2, -0.15) is 0 Å². The Morgan fingerprint density at radius 3 is 2.27 bits per heavy atom. The van der Waals surface area contributed by atoms with Crippen LogP contribution in [0.5, 0.6) is 0 Å². The standard InChI is InChI=1S/C22H34N2O6/c1-13(11-29-2)23-19(26)12-30-20(27)18-6-17(25)10-24(18)21(28)22-7-14-3-15(8-22)5-16(4-14)9-22/h13-18,25H,3-12H2,1-2H3,(H,23,26)/t13?,14?,15?,16?,17?,18-,22?/m0/s1. The number of carbonyl (C=O) groups excluding carboxylic acids is 3. The number of aliphatic hydroxyl groups is 1. The smallest absolute Gasteiger partial charge is 0.329 e. The predicted octanol–water partition coefficient (Wildman–Crippen LogP) is 0.859. The van der Waals surface area contributed by atoms with Crippen LogP contribution in [0.4, 0.5) is 0 Å². The molecule has 5 rings (SSSR count). The minimum absolute atomic E-state index is 0.0123. The summed E-state index contributed by atoms with van der Waals surface area (Å²) in [5.74, 6) is 0.852. The van der Waals surface area contributed by atoms with Crippen LogP contribution in [0.2, 0.25) is 0 Å². The molecular formula is C22H34N2O6. The monoisotopic (exact) mass is 422 g/mol. The number of β-amino-alcohol motifs (C(OH)–C–C–N with tert-alkyl or cyclic N) is 1. The van der Waals surface area contributed by atoms with E-state index in [0.29, 0.717) is 24.4 Å². The minimum Gasteiger partial charge on any atom is -0.454 e. The first kappa shape index (κ1) is 21.6. The van der Waals surface area contributed by atoms with Crippen LogP contribution < -0.4 is 5.32 Å². The molecule has 1 heterocycles. The van der Waals surface area contributed by atoms with Gasteiger partial charge >= 0.3 is 5.97 Å². The SMILES string of the molecule is COCC(C)NC(=O)COC(=O)[C@@H]1CC(O)CN1C(=O)C12CC3CC(CC(C3)C1)C2. The summed E-state index contributed by atoms with van der Waals surface area (Å²) in [6.07, 6.45) is 5.85. The number of carbonyl (C=O) groups is 3. The molecule has 30 heavy (non-hydrogen) atoms. The Morgan fingerprint density at radius 2 is 1.70 bits per heavy atom. The van der Waals surface area contributed by atoms with Crippen molar-refractivity contribution in [2.75, 3.05) is 26.9 Å². The summed E-state index contributed by atoms with van der Waals surface area (Å²) in [6, 6.07) is -1.01. The summed E-state index contributed by atoms with van der Waals surface area (Å²) in [5.41, 5.74) is -0.371. The van der Waals surface area contributed by atoms with Gasteiger partial charge in [-0.25, -0.2) is 4.79 Å². The van der Waals surface area contributed by atoms with Crippen molar-refractivity contribution < 1.29 is 29.0 Å². The second kappa shape index (κ2) is 8.46. The maximum atomic E-state index is 13.6. The summed E-state index contributed by atoms with van der Waals surface area (Å²) >= 11 is 0. The van der Waals surface area contributed by atoms with E-state index in [0.717, 1.165) is 19.3 Å². The average Bonchev–Trinajstić information content (AvgIpc) is 3.06. The molecule has 3 atom stereocenters. The van der Waals surface area contributed by atoms with E-state index in [1.165, 1.54) is 19.3 Å². The molecule has 0 radical (unpaired) electrons. The van der Waals surface area contributed by atoms with Crippen molar-refractivity contribution in [3.8, 4) is 0 Å². The lowest BCUT2D eigenvalue weighted by molar-refractivity contribution is -0.166. The Balaban J connectivity index is 1.38. The highest BCUT2D eigenvalue weighted by molar-refractivity contribution is 5.90. The fraction of sp³-hybridized carbons (Fsp3) is 0.864. The normalized spacial score (nSPS) is 37.8. The van der Waals surface area contributed by atoms with E-state index >= 15 is 0 Å². The summed E-state index contributed by atoms with van der Waals surface area (Å²) in [6.45, 7) is 1.92. The third-order valence-corrected chi connectivity index (χ3v) is 7.47. The highest BCUT2D eigenvalue weighted by Crippen LogP contribution is 2.60. The molecule has 168 valence electrons. The van der Waals surface area contributed by atoms with Gasteiger partial charge in [0.2, 0.25) is 5.91 Å². The number of aliphatic hydroxyl groups excluding tert-OH is 1. The fourth-order valence-electron chi connectivity index (χ4n) is 6.78. The molecule has 5 fully saturated rings. The molecular weight excluding hydrogens is 388 g/mol. The lowest BCUT2D eigenvalue weighted by atomic mass is 9.49. The Bertz CT molecular complexity index is 660. The number of hydrogen-bond donors (Lipinski definition) is 2. The Labute approximate surface area is 177 Å². The lowest BCUT2D eigenvalue weighted by Gasteiger charge is -2.56. The third-order valence-electron chi connectivity index (χ3n) is 7.47. The quantitative estimate of drug-likeness (QED) is 0.590. The van der Waals surface area contributed by atoms with Gasteiger partial charge in [0.05, 0.1) is 18.1 Å². The number of nitrogens with one attached hydrogen (secondary N) is 1. The molecule has 0 aromatic heterocycles. The second-order valence-corrected chi connectivity index (χ2v) is 10.1. The van der Waals surface area contributed by atoms with E-state index in [9.17, 15) is 19.5 Å². The summed E-state index contributed by atoms with van der Waals surface area (Å²) in [5, 5.41) is 12.9. The first-order chi connectivity index (χ1) is 14.3. The minimum atomic E-state index is -0.815. The topological polar surface area (TPSA) is 105 Å². The number of rotatable bonds is 7. The molecule has 2 N–H and O–H groups in total. The number of ether oxygens (including phenoxy) is 2. The van der Waals surface area contributed by atoms with Crippen LogP contribution in [0.3, 0.4) is 0 Å². The molecule has 0 aromatic carbocycles. The van der Waals surface area contributed by atoms with Gasteiger partial charge in [-0.3, -0.25) is 9.59 Å². The van der Waals surface area contributed by atoms with E-state index in [2.05, 4.69) is 5.32 Å². The zero-order valence-electron chi connectivity index (χ0n) is 18.0. The van der Waals surface area contributed by atoms with Crippen molar-refractivity contribution in [2.45, 2.75) is 70.1 Å².